The number of hydrogen-bond acceptors (Lipinski definition) is 3. The lowest BCUT2D eigenvalue weighted by Gasteiger charge is -2.35. The van der Waals surface area contributed by atoms with Gasteiger partial charge in [-0.2, -0.15) is 5.10 Å². The molecule has 2 fully saturated rings. The molecule has 3 heterocycles. The van der Waals surface area contributed by atoms with Crippen molar-refractivity contribution in [2.75, 3.05) is 26.2 Å². The molecule has 182 valence electrons. The molecule has 5 rings (SSSR count). The number of para-hydroxylation sites is 1. The number of likely N-dealkylation sites (tertiary alicyclic amines) is 2. The lowest BCUT2D eigenvalue weighted by Crippen LogP contribution is -2.46. The normalized spacial score (nSPS) is 16.9. The zero-order chi connectivity index (χ0) is 24.2. The summed E-state index contributed by atoms with van der Waals surface area (Å²) >= 11 is 6.10. The van der Waals surface area contributed by atoms with Crippen LogP contribution in [0.25, 0.3) is 16.9 Å². The molecule has 0 atom stereocenters. The van der Waals surface area contributed by atoms with E-state index in [9.17, 15) is 9.59 Å². The minimum atomic E-state index is 0.0441. The molecule has 0 bridgehead atoms. The number of rotatable bonds is 5. The maximum Gasteiger partial charge on any atom is 0.227 e. The zero-order valence-electron chi connectivity index (χ0n) is 19.9. The zero-order valence-corrected chi connectivity index (χ0v) is 20.7. The van der Waals surface area contributed by atoms with Crippen LogP contribution < -0.4 is 0 Å². The second kappa shape index (κ2) is 10.6. The summed E-state index contributed by atoms with van der Waals surface area (Å²) in [5, 5.41) is 5.48. The Hall–Kier alpha value is -3.12. The van der Waals surface area contributed by atoms with Crippen molar-refractivity contribution >= 4 is 23.4 Å². The second-order valence-corrected chi connectivity index (χ2v) is 9.94. The summed E-state index contributed by atoms with van der Waals surface area (Å²) in [6.07, 6.45) is 7.14. The number of aromatic nitrogens is 2. The number of piperidine rings is 2. The first-order chi connectivity index (χ1) is 17.1. The van der Waals surface area contributed by atoms with Crippen LogP contribution in [0.15, 0.2) is 60.8 Å². The van der Waals surface area contributed by atoms with Gasteiger partial charge in [0, 0.05) is 54.4 Å². The maximum absolute atomic E-state index is 13.3. The molecule has 0 aliphatic carbocycles. The highest BCUT2D eigenvalue weighted by Gasteiger charge is 2.31. The second-order valence-electron chi connectivity index (χ2n) is 9.51. The smallest absolute Gasteiger partial charge is 0.227 e. The Morgan fingerprint density at radius 3 is 2.23 bits per heavy atom. The Morgan fingerprint density at radius 1 is 0.857 bits per heavy atom. The van der Waals surface area contributed by atoms with Crippen molar-refractivity contribution in [3.63, 3.8) is 0 Å². The highest BCUT2D eigenvalue weighted by Crippen LogP contribution is 2.27. The number of hydrogen-bond donors (Lipinski definition) is 0. The van der Waals surface area contributed by atoms with Crippen molar-refractivity contribution in [3.05, 3.63) is 71.4 Å². The minimum Gasteiger partial charge on any atom is -0.342 e. The highest BCUT2D eigenvalue weighted by molar-refractivity contribution is 6.30. The van der Waals surface area contributed by atoms with E-state index in [0.29, 0.717) is 18.1 Å². The van der Waals surface area contributed by atoms with Crippen LogP contribution in [-0.4, -0.2) is 57.6 Å². The molecule has 2 aliphatic rings. The van der Waals surface area contributed by atoms with Gasteiger partial charge in [-0.05, 0) is 56.4 Å². The molecule has 2 aromatic carbocycles. The summed E-state index contributed by atoms with van der Waals surface area (Å²) in [7, 11) is 0. The molecular formula is C28H31ClN4O2. The Labute approximate surface area is 211 Å². The first-order valence-electron chi connectivity index (χ1n) is 12.5. The summed E-state index contributed by atoms with van der Waals surface area (Å²) in [5.74, 6) is 0.408. The third-order valence-corrected chi connectivity index (χ3v) is 7.39. The highest BCUT2D eigenvalue weighted by atomic mass is 35.5. The third kappa shape index (κ3) is 5.43. The van der Waals surface area contributed by atoms with Crippen molar-refractivity contribution in [2.24, 2.45) is 5.92 Å². The van der Waals surface area contributed by atoms with Gasteiger partial charge in [-0.25, -0.2) is 4.68 Å². The van der Waals surface area contributed by atoms with Gasteiger partial charge in [0.2, 0.25) is 11.8 Å². The van der Waals surface area contributed by atoms with Crippen LogP contribution in [0.3, 0.4) is 0 Å². The van der Waals surface area contributed by atoms with Crippen molar-refractivity contribution in [3.8, 4) is 16.9 Å². The fourth-order valence-corrected chi connectivity index (χ4v) is 5.25. The van der Waals surface area contributed by atoms with Crippen molar-refractivity contribution < 1.29 is 9.59 Å². The monoisotopic (exact) mass is 490 g/mol. The largest absolute Gasteiger partial charge is 0.342 e. The average Bonchev–Trinajstić information content (AvgIpc) is 3.33. The fraction of sp³-hybridized carbons (Fsp3) is 0.393. The van der Waals surface area contributed by atoms with E-state index in [4.69, 9.17) is 16.7 Å². The SMILES string of the molecule is O=C(Cc1cn(-c2ccccc2)nc1-c1ccc(Cl)cc1)N1CCC(C(=O)N2CCCCC2)CC1. The van der Waals surface area contributed by atoms with E-state index in [1.54, 1.807) is 0 Å². The molecule has 35 heavy (non-hydrogen) atoms. The predicted octanol–water partition coefficient (Wildman–Crippen LogP) is 4.99. The van der Waals surface area contributed by atoms with Gasteiger partial charge in [-0.3, -0.25) is 9.59 Å². The number of halogens is 1. The fourth-order valence-electron chi connectivity index (χ4n) is 5.13. The predicted molar refractivity (Wildman–Crippen MR) is 137 cm³/mol. The van der Waals surface area contributed by atoms with E-state index in [1.807, 2.05) is 75.3 Å². The molecule has 0 saturated carbocycles. The van der Waals surface area contributed by atoms with Crippen LogP contribution >= 0.6 is 11.6 Å². The Kier molecular flexibility index (Phi) is 7.19. The Morgan fingerprint density at radius 2 is 1.54 bits per heavy atom. The summed E-state index contributed by atoms with van der Waals surface area (Å²) in [6.45, 7) is 3.03. The van der Waals surface area contributed by atoms with Gasteiger partial charge in [0.25, 0.3) is 0 Å². The van der Waals surface area contributed by atoms with Crippen molar-refractivity contribution in [2.45, 2.75) is 38.5 Å². The number of nitrogens with zero attached hydrogens (tertiary/aromatic N) is 4. The Balaban J connectivity index is 1.29. The topological polar surface area (TPSA) is 58.4 Å². The number of benzene rings is 2. The van der Waals surface area contributed by atoms with Gasteiger partial charge in [0.15, 0.2) is 0 Å². The molecule has 2 saturated heterocycles. The first kappa shape index (κ1) is 23.6. The molecule has 6 nitrogen and oxygen atoms in total. The molecule has 2 aliphatic heterocycles. The molecule has 0 radical (unpaired) electrons. The van der Waals surface area contributed by atoms with E-state index < -0.39 is 0 Å². The summed E-state index contributed by atoms with van der Waals surface area (Å²) in [5.41, 5.74) is 3.54. The van der Waals surface area contributed by atoms with E-state index in [2.05, 4.69) is 0 Å². The molecule has 0 N–H and O–H groups in total. The Bertz CT molecular complexity index is 1160. The van der Waals surface area contributed by atoms with Gasteiger partial charge in [-0.1, -0.05) is 41.9 Å². The summed E-state index contributed by atoms with van der Waals surface area (Å²) in [4.78, 5) is 30.1. The maximum atomic E-state index is 13.3. The van der Waals surface area contributed by atoms with Gasteiger partial charge >= 0.3 is 0 Å². The van der Waals surface area contributed by atoms with E-state index in [0.717, 1.165) is 61.3 Å². The van der Waals surface area contributed by atoms with E-state index >= 15 is 0 Å². The third-order valence-electron chi connectivity index (χ3n) is 7.13. The first-order valence-corrected chi connectivity index (χ1v) is 12.9. The number of amides is 2. The average molecular weight is 491 g/mol. The van der Waals surface area contributed by atoms with E-state index in [-0.39, 0.29) is 24.2 Å². The van der Waals surface area contributed by atoms with Gasteiger partial charge < -0.3 is 9.80 Å². The molecule has 0 spiro atoms. The standard InChI is InChI=1S/C28H31ClN4O2/c29-24-11-9-21(10-12-24)27-23(20-33(30-27)25-7-3-1-4-8-25)19-26(34)31-17-13-22(14-18-31)28(35)32-15-5-2-6-16-32/h1,3-4,7-12,20,22H,2,5-6,13-19H2. The molecule has 1 aromatic heterocycles. The summed E-state index contributed by atoms with van der Waals surface area (Å²) < 4.78 is 1.83. The number of carbonyl (C=O) groups excluding carboxylic acids is 2. The molecule has 2 amide bonds. The van der Waals surface area contributed by atoms with Crippen LogP contribution in [0.4, 0.5) is 0 Å². The van der Waals surface area contributed by atoms with E-state index in [1.165, 1.54) is 6.42 Å². The molecule has 0 unspecified atom stereocenters. The van der Waals surface area contributed by atoms with Gasteiger partial charge in [0.05, 0.1) is 17.8 Å². The van der Waals surface area contributed by atoms with Crippen molar-refractivity contribution in [1.82, 2.24) is 19.6 Å². The van der Waals surface area contributed by atoms with Crippen LogP contribution in [0.1, 0.15) is 37.7 Å². The molecule has 3 aromatic rings. The van der Waals surface area contributed by atoms with Crippen LogP contribution in [0, 0.1) is 5.92 Å². The lowest BCUT2D eigenvalue weighted by atomic mass is 9.94. The summed E-state index contributed by atoms with van der Waals surface area (Å²) in [6, 6.07) is 17.5. The van der Waals surface area contributed by atoms with Crippen molar-refractivity contribution in [1.29, 1.82) is 0 Å². The van der Waals surface area contributed by atoms with Gasteiger partial charge in [0.1, 0.15) is 0 Å². The van der Waals surface area contributed by atoms with Crippen LogP contribution in [0.2, 0.25) is 5.02 Å². The molecule has 7 heteroatoms. The quantitative estimate of drug-likeness (QED) is 0.506. The van der Waals surface area contributed by atoms with Crippen LogP contribution in [0.5, 0.6) is 0 Å². The minimum absolute atomic E-state index is 0.0441. The number of carbonyl (C=O) groups is 2. The van der Waals surface area contributed by atoms with Gasteiger partial charge in [-0.15, -0.1) is 0 Å². The molecular weight excluding hydrogens is 460 g/mol. The van der Waals surface area contributed by atoms with Crippen LogP contribution in [-0.2, 0) is 16.0 Å². The lowest BCUT2D eigenvalue weighted by molar-refractivity contribution is -0.141.